The average Bonchev–Trinajstić information content (AvgIpc) is 2.45. The van der Waals surface area contributed by atoms with Gasteiger partial charge in [0.25, 0.3) is 0 Å². The molecule has 0 spiro atoms. The Morgan fingerprint density at radius 1 is 0.952 bits per heavy atom. The van der Waals surface area contributed by atoms with Crippen molar-refractivity contribution < 1.29 is 19.1 Å². The number of hydrogen-bond acceptors (Lipinski definition) is 4. The van der Waals surface area contributed by atoms with E-state index in [2.05, 4.69) is 10.6 Å². The molecule has 0 atom stereocenters. The third kappa shape index (κ3) is 12.1. The second-order valence-corrected chi connectivity index (χ2v) is 5.14. The number of carbonyl (C=O) groups excluding carboxylic acids is 3. The first-order valence-electron chi connectivity index (χ1n) is 7.61. The van der Waals surface area contributed by atoms with Gasteiger partial charge in [-0.3, -0.25) is 14.4 Å². The van der Waals surface area contributed by atoms with E-state index in [1.807, 2.05) is 13.8 Å². The summed E-state index contributed by atoms with van der Waals surface area (Å²) in [4.78, 5) is 33.8. The van der Waals surface area contributed by atoms with E-state index in [0.29, 0.717) is 52.0 Å². The number of carbonyl (C=O) groups is 3. The van der Waals surface area contributed by atoms with Crippen LogP contribution < -0.4 is 10.6 Å². The molecule has 2 amide bonds. The molecule has 2 N–H and O–H groups in total. The van der Waals surface area contributed by atoms with Crippen molar-refractivity contribution in [1.29, 1.82) is 0 Å². The molecule has 0 aromatic rings. The predicted molar refractivity (Wildman–Crippen MR) is 80.8 cm³/mol. The summed E-state index contributed by atoms with van der Waals surface area (Å²) in [5.74, 6) is 0.173. The molecule has 0 rings (SSSR count). The van der Waals surface area contributed by atoms with Crippen LogP contribution in [-0.2, 0) is 19.1 Å². The first-order valence-corrected chi connectivity index (χ1v) is 7.61. The van der Waals surface area contributed by atoms with Crippen LogP contribution in [0.3, 0.4) is 0 Å². The molecular weight excluding hydrogens is 272 g/mol. The van der Waals surface area contributed by atoms with Crippen LogP contribution in [0.2, 0.25) is 0 Å². The van der Waals surface area contributed by atoms with Crippen LogP contribution in [0.25, 0.3) is 0 Å². The fourth-order valence-electron chi connectivity index (χ4n) is 1.55. The Kier molecular flexibility index (Phi) is 11.5. The van der Waals surface area contributed by atoms with Crippen molar-refractivity contribution in [1.82, 2.24) is 10.6 Å². The number of Topliss-reactive ketones (excluding diaryl/α,β-unsaturated/α-hetero) is 1. The Morgan fingerprint density at radius 3 is 2.05 bits per heavy atom. The summed E-state index contributed by atoms with van der Waals surface area (Å²) in [6, 6.07) is 0. The monoisotopic (exact) mass is 300 g/mol. The van der Waals surface area contributed by atoms with Crippen LogP contribution in [0.5, 0.6) is 0 Å². The maximum Gasteiger partial charge on any atom is 0.220 e. The van der Waals surface area contributed by atoms with Gasteiger partial charge >= 0.3 is 0 Å². The van der Waals surface area contributed by atoms with Crippen LogP contribution >= 0.6 is 0 Å². The molecule has 0 unspecified atom stereocenters. The van der Waals surface area contributed by atoms with Gasteiger partial charge in [0.15, 0.2) is 0 Å². The fourth-order valence-corrected chi connectivity index (χ4v) is 1.55. The molecule has 0 aliphatic rings. The molecule has 0 radical (unpaired) electrons. The van der Waals surface area contributed by atoms with E-state index in [-0.39, 0.29) is 23.5 Å². The number of ketones is 1. The van der Waals surface area contributed by atoms with E-state index >= 15 is 0 Å². The molecule has 0 aromatic carbocycles. The summed E-state index contributed by atoms with van der Waals surface area (Å²) >= 11 is 0. The highest BCUT2D eigenvalue weighted by atomic mass is 16.5. The highest BCUT2D eigenvalue weighted by Crippen LogP contribution is 2.03. The predicted octanol–water partition coefficient (Wildman–Crippen LogP) is 1.04. The molecule has 0 aromatic heterocycles. The first kappa shape index (κ1) is 19.6. The van der Waals surface area contributed by atoms with E-state index in [9.17, 15) is 14.4 Å². The number of rotatable bonds is 12. The molecule has 6 nitrogen and oxygen atoms in total. The molecule has 0 aliphatic carbocycles. The van der Waals surface area contributed by atoms with Gasteiger partial charge in [-0.15, -0.1) is 0 Å². The van der Waals surface area contributed by atoms with Crippen molar-refractivity contribution in [3.8, 4) is 0 Å². The van der Waals surface area contributed by atoms with Gasteiger partial charge in [-0.2, -0.15) is 0 Å². The third-order valence-corrected chi connectivity index (χ3v) is 2.93. The zero-order valence-corrected chi connectivity index (χ0v) is 13.4. The van der Waals surface area contributed by atoms with Crippen LogP contribution in [0.15, 0.2) is 0 Å². The summed E-state index contributed by atoms with van der Waals surface area (Å²) in [7, 11) is 0. The number of nitrogens with one attached hydrogen (secondary N) is 2. The standard InChI is InChI=1S/C15H28N2O4/c1-4-14(19)16-8-10-21-11-9-17-15(20)7-5-6-13(18)12(2)3/h12H,4-11H2,1-3H3,(H,16,19)(H,17,20). The molecule has 0 heterocycles. The van der Waals surface area contributed by atoms with Crippen molar-refractivity contribution in [3.63, 3.8) is 0 Å². The normalized spacial score (nSPS) is 10.5. The Bertz CT molecular complexity index is 330. The van der Waals surface area contributed by atoms with Gasteiger partial charge in [0.1, 0.15) is 5.78 Å². The second-order valence-electron chi connectivity index (χ2n) is 5.14. The van der Waals surface area contributed by atoms with Gasteiger partial charge in [0.2, 0.25) is 11.8 Å². The Hall–Kier alpha value is -1.43. The van der Waals surface area contributed by atoms with Gasteiger partial charge in [0, 0.05) is 38.3 Å². The van der Waals surface area contributed by atoms with E-state index in [1.165, 1.54) is 0 Å². The molecule has 0 aliphatic heterocycles. The highest BCUT2D eigenvalue weighted by Gasteiger charge is 2.08. The van der Waals surface area contributed by atoms with Gasteiger partial charge in [0.05, 0.1) is 13.2 Å². The van der Waals surface area contributed by atoms with Gasteiger partial charge in [-0.1, -0.05) is 20.8 Å². The SMILES string of the molecule is CCC(=O)NCCOCCNC(=O)CCCC(=O)C(C)C. The fraction of sp³-hybridized carbons (Fsp3) is 0.800. The summed E-state index contributed by atoms with van der Waals surface area (Å²) in [6.07, 6.45) is 1.88. The van der Waals surface area contributed by atoms with Crippen molar-refractivity contribution >= 4 is 17.6 Å². The van der Waals surface area contributed by atoms with Crippen LogP contribution in [0.4, 0.5) is 0 Å². The summed E-state index contributed by atoms with van der Waals surface area (Å²) in [5, 5.41) is 5.43. The van der Waals surface area contributed by atoms with E-state index < -0.39 is 0 Å². The molecule has 0 saturated carbocycles. The maximum absolute atomic E-state index is 11.5. The quantitative estimate of drug-likeness (QED) is 0.527. The van der Waals surface area contributed by atoms with E-state index in [0.717, 1.165) is 0 Å². The minimum atomic E-state index is -0.0607. The lowest BCUT2D eigenvalue weighted by molar-refractivity contribution is -0.123. The lowest BCUT2D eigenvalue weighted by Gasteiger charge is -2.07. The summed E-state index contributed by atoms with van der Waals surface area (Å²) in [5.41, 5.74) is 0. The van der Waals surface area contributed by atoms with Crippen LogP contribution in [0.1, 0.15) is 46.5 Å². The number of amides is 2. The molecule has 0 fully saturated rings. The number of ether oxygens (including phenoxy) is 1. The van der Waals surface area contributed by atoms with Crippen molar-refractivity contribution in [2.45, 2.75) is 46.5 Å². The zero-order valence-electron chi connectivity index (χ0n) is 13.4. The summed E-state index contributed by atoms with van der Waals surface area (Å²) < 4.78 is 5.27. The summed E-state index contributed by atoms with van der Waals surface area (Å²) in [6.45, 7) is 7.30. The first-order chi connectivity index (χ1) is 9.97. The van der Waals surface area contributed by atoms with E-state index in [4.69, 9.17) is 4.74 Å². The van der Waals surface area contributed by atoms with Crippen molar-refractivity contribution in [2.75, 3.05) is 26.3 Å². The minimum Gasteiger partial charge on any atom is -0.378 e. The molecule has 122 valence electrons. The zero-order chi connectivity index (χ0) is 16.1. The minimum absolute atomic E-state index is 0.00264. The molecule has 0 saturated heterocycles. The van der Waals surface area contributed by atoms with Crippen LogP contribution in [-0.4, -0.2) is 43.9 Å². The lowest BCUT2D eigenvalue weighted by Crippen LogP contribution is -2.29. The van der Waals surface area contributed by atoms with Crippen molar-refractivity contribution in [3.05, 3.63) is 0 Å². The number of hydrogen-bond donors (Lipinski definition) is 2. The topological polar surface area (TPSA) is 84.5 Å². The highest BCUT2D eigenvalue weighted by molar-refractivity contribution is 5.81. The largest absolute Gasteiger partial charge is 0.378 e. The third-order valence-electron chi connectivity index (χ3n) is 2.93. The molecule has 21 heavy (non-hydrogen) atoms. The maximum atomic E-state index is 11.5. The van der Waals surface area contributed by atoms with Gasteiger partial charge in [-0.05, 0) is 6.42 Å². The van der Waals surface area contributed by atoms with Gasteiger partial charge < -0.3 is 15.4 Å². The lowest BCUT2D eigenvalue weighted by atomic mass is 10.0. The Balaban J connectivity index is 3.38. The Morgan fingerprint density at radius 2 is 1.52 bits per heavy atom. The van der Waals surface area contributed by atoms with Gasteiger partial charge in [-0.25, -0.2) is 0 Å². The Labute approximate surface area is 127 Å². The smallest absolute Gasteiger partial charge is 0.220 e. The average molecular weight is 300 g/mol. The van der Waals surface area contributed by atoms with Crippen LogP contribution in [0, 0.1) is 5.92 Å². The molecule has 6 heteroatoms. The van der Waals surface area contributed by atoms with Crippen molar-refractivity contribution in [2.24, 2.45) is 5.92 Å². The molecular formula is C15H28N2O4. The molecule has 0 bridgehead atoms. The second kappa shape index (κ2) is 12.3. The van der Waals surface area contributed by atoms with E-state index in [1.54, 1.807) is 6.92 Å².